The normalized spacial score (nSPS) is 10.5. The summed E-state index contributed by atoms with van der Waals surface area (Å²) in [5, 5.41) is 5.60. The van der Waals surface area contributed by atoms with Crippen LogP contribution in [0.3, 0.4) is 0 Å². The van der Waals surface area contributed by atoms with Crippen molar-refractivity contribution >= 4 is 40.7 Å². The van der Waals surface area contributed by atoms with E-state index >= 15 is 0 Å². The van der Waals surface area contributed by atoms with E-state index < -0.39 is 5.91 Å². The third kappa shape index (κ3) is 6.25. The molecule has 0 atom stereocenters. The lowest BCUT2D eigenvalue weighted by atomic mass is 9.99. The summed E-state index contributed by atoms with van der Waals surface area (Å²) in [5.41, 5.74) is 2.78. The lowest BCUT2D eigenvalue weighted by Crippen LogP contribution is -2.20. The van der Waals surface area contributed by atoms with Gasteiger partial charge in [-0.15, -0.1) is 11.8 Å². The van der Waals surface area contributed by atoms with E-state index in [-0.39, 0.29) is 28.8 Å². The number of halogens is 1. The molecule has 0 heterocycles. The van der Waals surface area contributed by atoms with E-state index in [0.29, 0.717) is 22.5 Å². The summed E-state index contributed by atoms with van der Waals surface area (Å²) in [5.74, 6) is -1.21. The van der Waals surface area contributed by atoms with Gasteiger partial charge in [0, 0.05) is 16.0 Å². The number of hydrogen-bond acceptors (Lipinski definition) is 4. The first kappa shape index (κ1) is 24.9. The summed E-state index contributed by atoms with van der Waals surface area (Å²) < 4.78 is 13.1. The number of nitrogens with one attached hydrogen (secondary N) is 2. The van der Waals surface area contributed by atoms with E-state index in [1.54, 1.807) is 72.8 Å². The topological polar surface area (TPSA) is 75.3 Å². The largest absolute Gasteiger partial charge is 0.325 e. The van der Waals surface area contributed by atoms with Crippen molar-refractivity contribution in [2.45, 2.75) is 11.8 Å². The SMILES string of the molecule is Cc1ccc(NC(=O)c2ccccc2NC(=O)CSc2ccc(F)cc2)c(C(=O)c2ccccc2)c1. The first-order valence-electron chi connectivity index (χ1n) is 11.2. The molecule has 4 aromatic carbocycles. The predicted octanol–water partition coefficient (Wildman–Crippen LogP) is 6.35. The molecule has 7 heteroatoms. The summed E-state index contributed by atoms with van der Waals surface area (Å²) in [7, 11) is 0. The lowest BCUT2D eigenvalue weighted by Gasteiger charge is -2.14. The maximum atomic E-state index is 13.2. The van der Waals surface area contributed by atoms with Crippen LogP contribution >= 0.6 is 11.8 Å². The molecular weight excluding hydrogens is 475 g/mol. The lowest BCUT2D eigenvalue weighted by molar-refractivity contribution is -0.113. The van der Waals surface area contributed by atoms with Crippen molar-refractivity contribution in [2.24, 2.45) is 0 Å². The molecule has 0 aliphatic heterocycles. The standard InChI is InChI=1S/C29H23FN2O3S/c1-19-11-16-26(24(17-19)28(34)20-7-3-2-4-8-20)32-29(35)23-9-5-6-10-25(23)31-27(33)18-36-22-14-12-21(30)13-15-22/h2-17H,18H2,1H3,(H,31,33)(H,32,35). The summed E-state index contributed by atoms with van der Waals surface area (Å²) in [4.78, 5) is 39.6. The molecule has 36 heavy (non-hydrogen) atoms. The zero-order valence-electron chi connectivity index (χ0n) is 19.5. The van der Waals surface area contributed by atoms with Crippen LogP contribution in [0.1, 0.15) is 31.8 Å². The van der Waals surface area contributed by atoms with Crippen molar-refractivity contribution in [1.82, 2.24) is 0 Å². The number of amides is 2. The maximum absolute atomic E-state index is 13.2. The molecule has 0 aliphatic carbocycles. The van der Waals surface area contributed by atoms with Crippen molar-refractivity contribution in [3.8, 4) is 0 Å². The molecule has 5 nitrogen and oxygen atoms in total. The number of rotatable bonds is 8. The Morgan fingerprint density at radius 1 is 0.750 bits per heavy atom. The van der Waals surface area contributed by atoms with Crippen LogP contribution in [0.4, 0.5) is 15.8 Å². The van der Waals surface area contributed by atoms with Gasteiger partial charge in [-0.3, -0.25) is 14.4 Å². The Kier molecular flexibility index (Phi) is 7.92. The number of carbonyl (C=O) groups is 3. The molecule has 0 aromatic heterocycles. The molecule has 4 aromatic rings. The Hall–Kier alpha value is -4.23. The van der Waals surface area contributed by atoms with Gasteiger partial charge in [-0.1, -0.05) is 54.1 Å². The number of benzene rings is 4. The molecule has 2 amide bonds. The number of hydrogen-bond donors (Lipinski definition) is 2. The van der Waals surface area contributed by atoms with Crippen molar-refractivity contribution < 1.29 is 18.8 Å². The van der Waals surface area contributed by atoms with Crippen LogP contribution in [-0.4, -0.2) is 23.4 Å². The van der Waals surface area contributed by atoms with Crippen molar-refractivity contribution in [1.29, 1.82) is 0 Å². The molecule has 180 valence electrons. The fourth-order valence-electron chi connectivity index (χ4n) is 3.55. The second-order valence-corrected chi connectivity index (χ2v) is 9.08. The summed E-state index contributed by atoms with van der Waals surface area (Å²) >= 11 is 1.26. The number of thioether (sulfide) groups is 1. The zero-order chi connectivity index (χ0) is 25.5. The molecule has 4 rings (SSSR count). The van der Waals surface area contributed by atoms with E-state index in [2.05, 4.69) is 10.6 Å². The number of para-hydroxylation sites is 1. The monoisotopic (exact) mass is 498 g/mol. The Morgan fingerprint density at radius 2 is 1.42 bits per heavy atom. The van der Waals surface area contributed by atoms with Gasteiger partial charge in [0.1, 0.15) is 5.82 Å². The second kappa shape index (κ2) is 11.5. The van der Waals surface area contributed by atoms with Crippen LogP contribution in [0.2, 0.25) is 0 Å². The fourth-order valence-corrected chi connectivity index (χ4v) is 4.24. The van der Waals surface area contributed by atoms with Crippen molar-refractivity contribution in [3.05, 3.63) is 125 Å². The molecule has 0 fully saturated rings. The predicted molar refractivity (Wildman–Crippen MR) is 141 cm³/mol. The quantitative estimate of drug-likeness (QED) is 0.219. The Bertz CT molecular complexity index is 1410. The van der Waals surface area contributed by atoms with Gasteiger partial charge in [0.25, 0.3) is 5.91 Å². The first-order chi connectivity index (χ1) is 17.4. The first-order valence-corrected chi connectivity index (χ1v) is 12.2. The van der Waals surface area contributed by atoms with E-state index in [1.165, 1.54) is 23.9 Å². The highest BCUT2D eigenvalue weighted by molar-refractivity contribution is 8.00. The fraction of sp³-hybridized carbons (Fsp3) is 0.0690. The second-order valence-electron chi connectivity index (χ2n) is 8.03. The number of aryl methyl sites for hydroxylation is 1. The van der Waals surface area contributed by atoms with Gasteiger partial charge in [-0.2, -0.15) is 0 Å². The van der Waals surface area contributed by atoms with Crippen LogP contribution in [0.5, 0.6) is 0 Å². The summed E-state index contributed by atoms with van der Waals surface area (Å²) in [6.07, 6.45) is 0. The average Bonchev–Trinajstić information content (AvgIpc) is 2.89. The van der Waals surface area contributed by atoms with E-state index in [1.807, 2.05) is 19.1 Å². The van der Waals surface area contributed by atoms with Crippen LogP contribution in [0.15, 0.2) is 102 Å². The van der Waals surface area contributed by atoms with Gasteiger partial charge in [0.2, 0.25) is 5.91 Å². The third-order valence-electron chi connectivity index (χ3n) is 5.33. The highest BCUT2D eigenvalue weighted by Gasteiger charge is 2.18. The van der Waals surface area contributed by atoms with Gasteiger partial charge < -0.3 is 10.6 Å². The Balaban J connectivity index is 1.50. The van der Waals surface area contributed by atoms with Gasteiger partial charge in [0.05, 0.1) is 22.7 Å². The molecule has 0 saturated heterocycles. The van der Waals surface area contributed by atoms with E-state index in [4.69, 9.17) is 0 Å². The van der Waals surface area contributed by atoms with Gasteiger partial charge in [-0.05, 0) is 55.5 Å². The molecule has 0 aliphatic rings. The molecule has 0 spiro atoms. The van der Waals surface area contributed by atoms with Crippen LogP contribution in [0.25, 0.3) is 0 Å². The van der Waals surface area contributed by atoms with Crippen LogP contribution < -0.4 is 10.6 Å². The molecule has 0 bridgehead atoms. The molecule has 0 saturated carbocycles. The van der Waals surface area contributed by atoms with E-state index in [0.717, 1.165) is 10.5 Å². The van der Waals surface area contributed by atoms with Gasteiger partial charge >= 0.3 is 0 Å². The minimum Gasteiger partial charge on any atom is -0.325 e. The number of carbonyl (C=O) groups excluding carboxylic acids is 3. The summed E-state index contributed by atoms with van der Waals surface area (Å²) in [6.45, 7) is 1.88. The van der Waals surface area contributed by atoms with Crippen molar-refractivity contribution in [2.75, 3.05) is 16.4 Å². The molecular formula is C29H23FN2O3S. The minimum atomic E-state index is -0.456. The van der Waals surface area contributed by atoms with Gasteiger partial charge in [-0.25, -0.2) is 4.39 Å². The highest BCUT2D eigenvalue weighted by atomic mass is 32.2. The van der Waals surface area contributed by atoms with Crippen molar-refractivity contribution in [3.63, 3.8) is 0 Å². The van der Waals surface area contributed by atoms with Crippen LogP contribution in [0, 0.1) is 12.7 Å². The van der Waals surface area contributed by atoms with Gasteiger partial charge in [0.15, 0.2) is 5.78 Å². The number of anilines is 2. The number of ketones is 1. The Morgan fingerprint density at radius 3 is 2.17 bits per heavy atom. The maximum Gasteiger partial charge on any atom is 0.257 e. The molecule has 2 N–H and O–H groups in total. The highest BCUT2D eigenvalue weighted by Crippen LogP contribution is 2.24. The molecule has 0 unspecified atom stereocenters. The third-order valence-corrected chi connectivity index (χ3v) is 6.35. The minimum absolute atomic E-state index is 0.0925. The van der Waals surface area contributed by atoms with E-state index in [9.17, 15) is 18.8 Å². The average molecular weight is 499 g/mol. The smallest absolute Gasteiger partial charge is 0.257 e. The zero-order valence-corrected chi connectivity index (χ0v) is 20.3. The van der Waals surface area contributed by atoms with Crippen LogP contribution in [-0.2, 0) is 4.79 Å². The molecule has 0 radical (unpaired) electrons. The Labute approximate surface area is 212 Å². The summed E-state index contributed by atoms with van der Waals surface area (Å²) in [6, 6.07) is 26.6.